The van der Waals surface area contributed by atoms with Gasteiger partial charge in [-0.05, 0) is 24.6 Å². The number of benzene rings is 1. The first-order valence-corrected chi connectivity index (χ1v) is 7.12. The monoisotopic (exact) mass is 272 g/mol. The maximum Gasteiger partial charge on any atom is 0.230 e. The summed E-state index contributed by atoms with van der Waals surface area (Å²) in [5, 5.41) is 3.84. The lowest BCUT2D eigenvalue weighted by molar-refractivity contribution is -0.119. The standard InChI is InChI=1S/C15H16N2OS/c1-12(13-7-3-2-4-8-13)17-14(18)11-19-15-9-5-6-10-16-15/h2-10,12H,11H2,1H3,(H,17,18). The van der Waals surface area contributed by atoms with Gasteiger partial charge in [-0.2, -0.15) is 0 Å². The van der Waals surface area contributed by atoms with Gasteiger partial charge in [-0.3, -0.25) is 4.79 Å². The highest BCUT2D eigenvalue weighted by atomic mass is 32.2. The van der Waals surface area contributed by atoms with Crippen molar-refractivity contribution in [2.45, 2.75) is 18.0 Å². The third-order valence-corrected chi connectivity index (χ3v) is 3.61. The summed E-state index contributed by atoms with van der Waals surface area (Å²) >= 11 is 1.44. The smallest absolute Gasteiger partial charge is 0.230 e. The Bertz CT molecular complexity index is 516. The van der Waals surface area contributed by atoms with Crippen LogP contribution in [0, 0.1) is 0 Å². The van der Waals surface area contributed by atoms with Crippen LogP contribution in [0.3, 0.4) is 0 Å². The van der Waals surface area contributed by atoms with Crippen LogP contribution in [0.2, 0.25) is 0 Å². The molecule has 1 unspecified atom stereocenters. The summed E-state index contributed by atoms with van der Waals surface area (Å²) in [5.41, 5.74) is 1.11. The molecule has 2 aromatic rings. The van der Waals surface area contributed by atoms with Gasteiger partial charge in [0.2, 0.25) is 5.91 Å². The molecule has 19 heavy (non-hydrogen) atoms. The second-order valence-corrected chi connectivity index (χ2v) is 5.15. The van der Waals surface area contributed by atoms with E-state index < -0.39 is 0 Å². The molecule has 0 spiro atoms. The predicted octanol–water partition coefficient (Wildman–Crippen LogP) is 3.05. The van der Waals surface area contributed by atoms with E-state index in [1.807, 2.05) is 55.5 Å². The van der Waals surface area contributed by atoms with E-state index in [-0.39, 0.29) is 11.9 Å². The highest BCUT2D eigenvalue weighted by molar-refractivity contribution is 7.99. The zero-order valence-electron chi connectivity index (χ0n) is 10.7. The van der Waals surface area contributed by atoms with Crippen molar-refractivity contribution in [1.29, 1.82) is 0 Å². The quantitative estimate of drug-likeness (QED) is 0.851. The van der Waals surface area contributed by atoms with Crippen LogP contribution in [0.25, 0.3) is 0 Å². The molecule has 1 aromatic heterocycles. The van der Waals surface area contributed by atoms with Gasteiger partial charge in [-0.25, -0.2) is 4.98 Å². The normalized spacial score (nSPS) is 11.8. The van der Waals surface area contributed by atoms with Gasteiger partial charge in [0.1, 0.15) is 0 Å². The van der Waals surface area contributed by atoms with Crippen molar-refractivity contribution in [3.05, 3.63) is 60.3 Å². The van der Waals surface area contributed by atoms with E-state index in [0.29, 0.717) is 5.75 Å². The molecule has 1 heterocycles. The Labute approximate surface area is 117 Å². The molecule has 4 heteroatoms. The van der Waals surface area contributed by atoms with Crippen molar-refractivity contribution in [2.75, 3.05) is 5.75 Å². The molecule has 0 bridgehead atoms. The van der Waals surface area contributed by atoms with Crippen molar-refractivity contribution in [2.24, 2.45) is 0 Å². The molecule has 0 aliphatic carbocycles. The molecule has 2 rings (SSSR count). The molecule has 1 N–H and O–H groups in total. The zero-order valence-corrected chi connectivity index (χ0v) is 11.6. The van der Waals surface area contributed by atoms with Gasteiger partial charge in [-0.1, -0.05) is 48.2 Å². The van der Waals surface area contributed by atoms with Crippen molar-refractivity contribution in [3.8, 4) is 0 Å². The number of pyridine rings is 1. The minimum absolute atomic E-state index is 0.0204. The number of rotatable bonds is 5. The number of hydrogen-bond acceptors (Lipinski definition) is 3. The maximum atomic E-state index is 11.8. The molecule has 0 fully saturated rings. The van der Waals surface area contributed by atoms with Crippen LogP contribution in [0.4, 0.5) is 0 Å². The molecule has 0 saturated carbocycles. The number of nitrogens with one attached hydrogen (secondary N) is 1. The van der Waals surface area contributed by atoms with E-state index in [2.05, 4.69) is 10.3 Å². The fourth-order valence-electron chi connectivity index (χ4n) is 1.68. The molecule has 0 aliphatic rings. The van der Waals surface area contributed by atoms with Gasteiger partial charge in [0.25, 0.3) is 0 Å². The third kappa shape index (κ3) is 4.41. The number of carbonyl (C=O) groups excluding carboxylic acids is 1. The van der Waals surface area contributed by atoms with Crippen molar-refractivity contribution < 1.29 is 4.79 Å². The lowest BCUT2D eigenvalue weighted by Crippen LogP contribution is -2.28. The molecule has 0 saturated heterocycles. The van der Waals surface area contributed by atoms with Crippen LogP contribution in [0.15, 0.2) is 59.8 Å². The summed E-state index contributed by atoms with van der Waals surface area (Å²) in [6.45, 7) is 1.98. The van der Waals surface area contributed by atoms with Crippen LogP contribution in [0.5, 0.6) is 0 Å². The third-order valence-electron chi connectivity index (χ3n) is 2.67. The van der Waals surface area contributed by atoms with E-state index in [4.69, 9.17) is 0 Å². The number of hydrogen-bond donors (Lipinski definition) is 1. The fourth-order valence-corrected chi connectivity index (χ4v) is 2.35. The second kappa shape index (κ2) is 6.95. The average molecular weight is 272 g/mol. The van der Waals surface area contributed by atoms with Crippen molar-refractivity contribution >= 4 is 17.7 Å². The van der Waals surface area contributed by atoms with Gasteiger partial charge in [-0.15, -0.1) is 0 Å². The Balaban J connectivity index is 1.82. The van der Waals surface area contributed by atoms with Gasteiger partial charge in [0.05, 0.1) is 16.8 Å². The Morgan fingerprint density at radius 2 is 1.95 bits per heavy atom. The molecule has 0 aliphatic heterocycles. The van der Waals surface area contributed by atoms with Gasteiger partial charge in [0.15, 0.2) is 0 Å². The number of thioether (sulfide) groups is 1. The number of nitrogens with zero attached hydrogens (tertiary/aromatic N) is 1. The minimum Gasteiger partial charge on any atom is -0.349 e. The predicted molar refractivity (Wildman–Crippen MR) is 78.0 cm³/mol. The topological polar surface area (TPSA) is 42.0 Å². The molecular formula is C15H16N2OS. The van der Waals surface area contributed by atoms with E-state index >= 15 is 0 Å². The largest absolute Gasteiger partial charge is 0.349 e. The van der Waals surface area contributed by atoms with Crippen LogP contribution >= 0.6 is 11.8 Å². The zero-order chi connectivity index (χ0) is 13.5. The van der Waals surface area contributed by atoms with E-state index in [1.54, 1.807) is 6.20 Å². The Hall–Kier alpha value is -1.81. The highest BCUT2D eigenvalue weighted by Crippen LogP contribution is 2.15. The van der Waals surface area contributed by atoms with E-state index in [9.17, 15) is 4.79 Å². The lowest BCUT2D eigenvalue weighted by Gasteiger charge is -2.13. The van der Waals surface area contributed by atoms with E-state index in [1.165, 1.54) is 11.8 Å². The molecule has 3 nitrogen and oxygen atoms in total. The summed E-state index contributed by atoms with van der Waals surface area (Å²) in [6, 6.07) is 15.6. The lowest BCUT2D eigenvalue weighted by atomic mass is 10.1. The van der Waals surface area contributed by atoms with Crippen LogP contribution in [-0.4, -0.2) is 16.6 Å². The molecule has 98 valence electrons. The summed E-state index contributed by atoms with van der Waals surface area (Å²) in [7, 11) is 0. The van der Waals surface area contributed by atoms with Crippen LogP contribution < -0.4 is 5.32 Å². The van der Waals surface area contributed by atoms with Gasteiger partial charge >= 0.3 is 0 Å². The fraction of sp³-hybridized carbons (Fsp3) is 0.200. The summed E-state index contributed by atoms with van der Waals surface area (Å²) in [5.74, 6) is 0.403. The number of aromatic nitrogens is 1. The van der Waals surface area contributed by atoms with Gasteiger partial charge in [0, 0.05) is 6.20 Å². The van der Waals surface area contributed by atoms with Crippen LogP contribution in [0.1, 0.15) is 18.5 Å². The molecule has 0 radical (unpaired) electrons. The molecule has 1 atom stereocenters. The first-order chi connectivity index (χ1) is 9.25. The summed E-state index contributed by atoms with van der Waals surface area (Å²) < 4.78 is 0. The van der Waals surface area contributed by atoms with Crippen molar-refractivity contribution in [1.82, 2.24) is 10.3 Å². The minimum atomic E-state index is 0.0204. The summed E-state index contributed by atoms with van der Waals surface area (Å²) in [4.78, 5) is 16.0. The van der Waals surface area contributed by atoms with Crippen molar-refractivity contribution in [3.63, 3.8) is 0 Å². The first-order valence-electron chi connectivity index (χ1n) is 6.14. The summed E-state index contributed by atoms with van der Waals surface area (Å²) in [6.07, 6.45) is 1.73. The maximum absolute atomic E-state index is 11.8. The Kier molecular flexibility index (Phi) is 4.98. The Morgan fingerprint density at radius 3 is 2.63 bits per heavy atom. The number of amides is 1. The molecular weight excluding hydrogens is 256 g/mol. The SMILES string of the molecule is CC(NC(=O)CSc1ccccn1)c1ccccc1. The Morgan fingerprint density at radius 1 is 1.21 bits per heavy atom. The van der Waals surface area contributed by atoms with Crippen LogP contribution in [-0.2, 0) is 4.79 Å². The molecule has 1 amide bonds. The highest BCUT2D eigenvalue weighted by Gasteiger charge is 2.09. The average Bonchev–Trinajstić information content (AvgIpc) is 2.47. The van der Waals surface area contributed by atoms with E-state index in [0.717, 1.165) is 10.6 Å². The molecule has 1 aromatic carbocycles. The first kappa shape index (κ1) is 13.6. The van der Waals surface area contributed by atoms with Gasteiger partial charge < -0.3 is 5.32 Å². The second-order valence-electron chi connectivity index (χ2n) is 4.16. The number of carbonyl (C=O) groups is 1.